The minimum atomic E-state index is 0.150. The van der Waals surface area contributed by atoms with Gasteiger partial charge in [0, 0.05) is 13.2 Å². The fourth-order valence-corrected chi connectivity index (χ4v) is 2.55. The molecule has 0 aliphatic rings. The first-order valence-electron chi connectivity index (χ1n) is 7.96. The average Bonchev–Trinajstić information content (AvgIpc) is 2.52. The van der Waals surface area contributed by atoms with E-state index in [-0.39, 0.29) is 12.1 Å². The van der Waals surface area contributed by atoms with Crippen molar-refractivity contribution in [1.82, 2.24) is 10.2 Å². The first-order chi connectivity index (χ1) is 10.6. The van der Waals surface area contributed by atoms with Crippen LogP contribution in [0.5, 0.6) is 0 Å². The number of methoxy groups -OCH3 is 1. The molecule has 0 amide bonds. The molecule has 0 saturated heterocycles. The number of rotatable bonds is 9. The number of hydrogen-bond donors (Lipinski definition) is 2. The molecule has 0 saturated carbocycles. The van der Waals surface area contributed by atoms with E-state index in [1.54, 1.807) is 7.11 Å². The molecule has 1 aromatic rings. The van der Waals surface area contributed by atoms with Gasteiger partial charge in [0.15, 0.2) is 5.96 Å². The molecule has 124 valence electrons. The van der Waals surface area contributed by atoms with E-state index in [0.29, 0.717) is 19.1 Å². The summed E-state index contributed by atoms with van der Waals surface area (Å²) < 4.78 is 5.09. The van der Waals surface area contributed by atoms with Crippen LogP contribution in [0.15, 0.2) is 35.3 Å². The van der Waals surface area contributed by atoms with Crippen LogP contribution in [0.3, 0.4) is 0 Å². The summed E-state index contributed by atoms with van der Waals surface area (Å²) in [7, 11) is 1.68. The van der Waals surface area contributed by atoms with Crippen molar-refractivity contribution in [3.63, 3.8) is 0 Å². The van der Waals surface area contributed by atoms with Crippen LogP contribution in [-0.2, 0) is 4.74 Å². The molecule has 2 atom stereocenters. The van der Waals surface area contributed by atoms with Gasteiger partial charge in [0.2, 0.25) is 0 Å². The standard InChI is InChI=1S/C17H30N4O/c1-5-21(6-2)16(15-10-8-7-9-11-15)12-19-17(18)20-14(3)13-22-4/h7-11,14,16H,5-6,12-13H2,1-4H3,(H3,18,19,20). The Hall–Kier alpha value is -1.59. The molecule has 22 heavy (non-hydrogen) atoms. The highest BCUT2D eigenvalue weighted by Gasteiger charge is 2.17. The highest BCUT2D eigenvalue weighted by Crippen LogP contribution is 2.20. The molecular weight excluding hydrogens is 276 g/mol. The summed E-state index contributed by atoms with van der Waals surface area (Å²) >= 11 is 0. The SMILES string of the molecule is CCN(CC)C(CN=C(N)NC(C)COC)c1ccccc1. The first kappa shape index (κ1) is 18.5. The average molecular weight is 306 g/mol. The minimum absolute atomic E-state index is 0.150. The molecule has 0 spiro atoms. The highest BCUT2D eigenvalue weighted by atomic mass is 16.5. The number of likely N-dealkylation sites (N-methyl/N-ethyl adjacent to an activating group) is 1. The molecule has 2 unspecified atom stereocenters. The Labute approximate surface area is 134 Å². The molecule has 0 heterocycles. The van der Waals surface area contributed by atoms with Gasteiger partial charge in [-0.25, -0.2) is 0 Å². The number of aliphatic imine (C=N–C) groups is 1. The second kappa shape index (κ2) is 10.2. The molecule has 5 heteroatoms. The van der Waals surface area contributed by atoms with Crippen molar-refractivity contribution >= 4 is 5.96 Å². The number of hydrogen-bond acceptors (Lipinski definition) is 3. The fourth-order valence-electron chi connectivity index (χ4n) is 2.55. The van der Waals surface area contributed by atoms with E-state index in [1.807, 2.05) is 13.0 Å². The van der Waals surface area contributed by atoms with Crippen molar-refractivity contribution in [3.05, 3.63) is 35.9 Å². The lowest BCUT2D eigenvalue weighted by molar-refractivity contribution is 0.179. The van der Waals surface area contributed by atoms with E-state index < -0.39 is 0 Å². The van der Waals surface area contributed by atoms with Gasteiger partial charge in [0.05, 0.1) is 19.2 Å². The summed E-state index contributed by atoms with van der Waals surface area (Å²) in [5.74, 6) is 0.470. The maximum absolute atomic E-state index is 5.98. The Balaban J connectivity index is 2.77. The maximum Gasteiger partial charge on any atom is 0.188 e. The molecule has 3 N–H and O–H groups in total. The second-order valence-corrected chi connectivity index (χ2v) is 5.37. The van der Waals surface area contributed by atoms with Crippen LogP contribution in [0.25, 0.3) is 0 Å². The second-order valence-electron chi connectivity index (χ2n) is 5.37. The predicted octanol–water partition coefficient (Wildman–Crippen LogP) is 2.01. The quantitative estimate of drug-likeness (QED) is 0.541. The smallest absolute Gasteiger partial charge is 0.188 e. The summed E-state index contributed by atoms with van der Waals surface area (Å²) in [5, 5.41) is 3.15. The maximum atomic E-state index is 5.98. The van der Waals surface area contributed by atoms with Crippen LogP contribution < -0.4 is 11.1 Å². The van der Waals surface area contributed by atoms with Crippen molar-refractivity contribution in [2.24, 2.45) is 10.7 Å². The van der Waals surface area contributed by atoms with Gasteiger partial charge in [-0.2, -0.15) is 0 Å². The van der Waals surface area contributed by atoms with Crippen molar-refractivity contribution in [2.75, 3.05) is 33.4 Å². The lowest BCUT2D eigenvalue weighted by atomic mass is 10.1. The predicted molar refractivity (Wildman–Crippen MR) is 93.1 cm³/mol. The summed E-state index contributed by atoms with van der Waals surface area (Å²) in [6.07, 6.45) is 0. The van der Waals surface area contributed by atoms with Crippen molar-refractivity contribution in [2.45, 2.75) is 32.9 Å². The molecule has 1 aromatic carbocycles. The van der Waals surface area contributed by atoms with Gasteiger partial charge in [0.25, 0.3) is 0 Å². The molecule has 0 aromatic heterocycles. The molecular formula is C17H30N4O. The van der Waals surface area contributed by atoms with Gasteiger partial charge in [-0.15, -0.1) is 0 Å². The van der Waals surface area contributed by atoms with Crippen LogP contribution in [-0.4, -0.2) is 50.3 Å². The highest BCUT2D eigenvalue weighted by molar-refractivity contribution is 5.78. The van der Waals surface area contributed by atoms with Crippen molar-refractivity contribution < 1.29 is 4.74 Å². The Bertz CT molecular complexity index is 432. The Morgan fingerprint density at radius 2 is 1.91 bits per heavy atom. The van der Waals surface area contributed by atoms with Crippen LogP contribution >= 0.6 is 0 Å². The number of guanidine groups is 1. The van der Waals surface area contributed by atoms with E-state index >= 15 is 0 Å². The van der Waals surface area contributed by atoms with E-state index in [4.69, 9.17) is 10.5 Å². The number of nitrogens with two attached hydrogens (primary N) is 1. The molecule has 0 fully saturated rings. The fraction of sp³-hybridized carbons (Fsp3) is 0.588. The van der Waals surface area contributed by atoms with Crippen LogP contribution in [0, 0.1) is 0 Å². The molecule has 5 nitrogen and oxygen atoms in total. The van der Waals surface area contributed by atoms with Crippen LogP contribution in [0.4, 0.5) is 0 Å². The molecule has 1 rings (SSSR count). The topological polar surface area (TPSA) is 62.9 Å². The first-order valence-corrected chi connectivity index (χ1v) is 7.96. The third-order valence-electron chi connectivity index (χ3n) is 3.68. The van der Waals surface area contributed by atoms with Crippen molar-refractivity contribution in [3.8, 4) is 0 Å². The monoisotopic (exact) mass is 306 g/mol. The van der Waals surface area contributed by atoms with E-state index in [1.165, 1.54) is 5.56 Å². The number of benzene rings is 1. The summed E-state index contributed by atoms with van der Waals surface area (Å²) in [6.45, 7) is 9.58. The zero-order valence-electron chi connectivity index (χ0n) is 14.2. The van der Waals surface area contributed by atoms with Crippen molar-refractivity contribution in [1.29, 1.82) is 0 Å². The summed E-state index contributed by atoms with van der Waals surface area (Å²) in [4.78, 5) is 6.92. The van der Waals surface area contributed by atoms with E-state index in [0.717, 1.165) is 13.1 Å². The van der Waals surface area contributed by atoms with E-state index in [2.05, 4.69) is 53.3 Å². The minimum Gasteiger partial charge on any atom is -0.383 e. The molecule has 0 aliphatic heterocycles. The van der Waals surface area contributed by atoms with Gasteiger partial charge in [0.1, 0.15) is 0 Å². The zero-order chi connectivity index (χ0) is 16.4. The molecule has 0 radical (unpaired) electrons. The number of nitrogens with zero attached hydrogens (tertiary/aromatic N) is 2. The van der Waals surface area contributed by atoms with Gasteiger partial charge in [-0.05, 0) is 25.6 Å². The Morgan fingerprint density at radius 3 is 2.45 bits per heavy atom. The third kappa shape index (κ3) is 6.03. The van der Waals surface area contributed by atoms with Gasteiger partial charge >= 0.3 is 0 Å². The third-order valence-corrected chi connectivity index (χ3v) is 3.68. The van der Waals surface area contributed by atoms with Gasteiger partial charge in [-0.3, -0.25) is 9.89 Å². The van der Waals surface area contributed by atoms with Gasteiger partial charge in [-0.1, -0.05) is 44.2 Å². The largest absolute Gasteiger partial charge is 0.383 e. The van der Waals surface area contributed by atoms with E-state index in [9.17, 15) is 0 Å². The molecule has 0 bridgehead atoms. The zero-order valence-corrected chi connectivity index (χ0v) is 14.2. The lowest BCUT2D eigenvalue weighted by Crippen LogP contribution is -2.41. The summed E-state index contributed by atoms with van der Waals surface area (Å²) in [6, 6.07) is 10.9. The van der Waals surface area contributed by atoms with Crippen LogP contribution in [0.2, 0.25) is 0 Å². The van der Waals surface area contributed by atoms with Gasteiger partial charge < -0.3 is 15.8 Å². The number of nitrogens with one attached hydrogen (secondary N) is 1. The normalized spacial score (nSPS) is 14.9. The number of ether oxygens (including phenoxy) is 1. The Kier molecular flexibility index (Phi) is 8.55. The molecule has 0 aliphatic carbocycles. The summed E-state index contributed by atoms with van der Waals surface area (Å²) in [5.41, 5.74) is 7.25. The Morgan fingerprint density at radius 1 is 1.27 bits per heavy atom. The van der Waals surface area contributed by atoms with Crippen LogP contribution in [0.1, 0.15) is 32.4 Å². The lowest BCUT2D eigenvalue weighted by Gasteiger charge is -2.29.